The van der Waals surface area contributed by atoms with Gasteiger partial charge in [0.1, 0.15) is 17.5 Å². The molecule has 3 aromatic rings. The van der Waals surface area contributed by atoms with Gasteiger partial charge in [0.25, 0.3) is 0 Å². The molecule has 3 aromatic carbocycles. The number of halogens is 3. The summed E-state index contributed by atoms with van der Waals surface area (Å²) in [5, 5.41) is 5.31. The van der Waals surface area contributed by atoms with Crippen molar-refractivity contribution in [1.82, 2.24) is 15.5 Å². The fraction of sp³-hybridized carbons (Fsp3) is 0.333. The molecule has 5 nitrogen and oxygen atoms in total. The van der Waals surface area contributed by atoms with E-state index in [1.165, 1.54) is 24.3 Å². The van der Waals surface area contributed by atoms with Crippen molar-refractivity contribution in [2.24, 2.45) is 0 Å². The van der Waals surface area contributed by atoms with Crippen LogP contribution >= 0.6 is 0 Å². The molecule has 4 rings (SSSR count). The second-order valence-electron chi connectivity index (χ2n) is 9.83. The molecule has 0 bridgehead atoms. The van der Waals surface area contributed by atoms with E-state index < -0.39 is 17.0 Å². The summed E-state index contributed by atoms with van der Waals surface area (Å²) < 4.78 is 41.1. The molecule has 1 aliphatic heterocycles. The number of nitrogens with one attached hydrogen (secondary N) is 2. The number of nitrogens with zero attached hydrogens (tertiary/aromatic N) is 1. The van der Waals surface area contributed by atoms with Gasteiger partial charge in [0.05, 0.1) is 6.04 Å². The van der Waals surface area contributed by atoms with Crippen molar-refractivity contribution < 1.29 is 22.8 Å². The van der Waals surface area contributed by atoms with Crippen LogP contribution < -0.4 is 10.6 Å². The van der Waals surface area contributed by atoms with Crippen molar-refractivity contribution >= 4 is 11.9 Å². The van der Waals surface area contributed by atoms with E-state index in [1.807, 2.05) is 24.0 Å². The highest BCUT2D eigenvalue weighted by Gasteiger charge is 2.41. The minimum absolute atomic E-state index is 0.000918. The largest absolute Gasteiger partial charge is 0.341 e. The maximum absolute atomic E-state index is 14.2. The van der Waals surface area contributed by atoms with Crippen LogP contribution in [0.3, 0.4) is 0 Å². The molecule has 0 spiro atoms. The van der Waals surface area contributed by atoms with E-state index in [2.05, 4.69) is 10.6 Å². The summed E-state index contributed by atoms with van der Waals surface area (Å²) in [6.07, 6.45) is 2.33. The van der Waals surface area contributed by atoms with Gasteiger partial charge in [-0.1, -0.05) is 36.4 Å². The third-order valence-corrected chi connectivity index (χ3v) is 7.55. The van der Waals surface area contributed by atoms with E-state index in [0.717, 1.165) is 17.2 Å². The zero-order chi connectivity index (χ0) is 27.3. The number of carbonyl (C=O) groups is 2. The molecule has 0 radical (unpaired) electrons. The third-order valence-electron chi connectivity index (χ3n) is 7.55. The molecule has 38 heavy (non-hydrogen) atoms. The first-order valence-corrected chi connectivity index (χ1v) is 12.8. The molecule has 1 heterocycles. The standard InChI is InChI=1S/C30H32F3N3O2/c1-20(21-4-6-22(7-5-21)26-13-12-25(32)18-27(26)33)36-17-15-30(19-28(36)37,14-3-16-35-29(38)34-2)23-8-10-24(31)11-9-23/h4-13,18,20H,3,14-17,19H2,1-2H3,(H2,34,35,38)/t20-,30+/m0/s1. The van der Waals surface area contributed by atoms with Gasteiger partial charge in [0, 0.05) is 43.6 Å². The molecular weight excluding hydrogens is 491 g/mol. The van der Waals surface area contributed by atoms with E-state index in [9.17, 15) is 22.8 Å². The van der Waals surface area contributed by atoms with Crippen LogP contribution in [0, 0.1) is 17.5 Å². The van der Waals surface area contributed by atoms with Gasteiger partial charge in [-0.2, -0.15) is 0 Å². The minimum atomic E-state index is -0.625. The van der Waals surface area contributed by atoms with Gasteiger partial charge >= 0.3 is 6.03 Å². The third kappa shape index (κ3) is 6.01. The van der Waals surface area contributed by atoms with E-state index in [1.54, 1.807) is 31.3 Å². The second-order valence-corrected chi connectivity index (χ2v) is 9.83. The average molecular weight is 524 g/mol. The van der Waals surface area contributed by atoms with Crippen molar-refractivity contribution in [3.8, 4) is 11.1 Å². The Hall–Kier alpha value is -3.81. The lowest BCUT2D eigenvalue weighted by Gasteiger charge is -2.44. The van der Waals surface area contributed by atoms with Crippen molar-refractivity contribution in [2.75, 3.05) is 20.1 Å². The fourth-order valence-corrected chi connectivity index (χ4v) is 5.32. The van der Waals surface area contributed by atoms with Crippen molar-refractivity contribution in [3.63, 3.8) is 0 Å². The molecule has 2 atom stereocenters. The summed E-state index contributed by atoms with van der Waals surface area (Å²) in [6.45, 7) is 2.95. The van der Waals surface area contributed by atoms with Crippen LogP contribution in [0.25, 0.3) is 11.1 Å². The first kappa shape index (κ1) is 27.2. The quantitative estimate of drug-likeness (QED) is 0.351. The molecule has 3 amide bonds. The average Bonchev–Trinajstić information content (AvgIpc) is 2.91. The molecule has 1 saturated heterocycles. The first-order chi connectivity index (χ1) is 18.2. The first-order valence-electron chi connectivity index (χ1n) is 12.8. The Labute approximate surface area is 221 Å². The van der Waals surface area contributed by atoms with Gasteiger partial charge in [0.2, 0.25) is 5.91 Å². The Balaban J connectivity index is 1.48. The summed E-state index contributed by atoms with van der Waals surface area (Å²) in [4.78, 5) is 26.9. The lowest BCUT2D eigenvalue weighted by Crippen LogP contribution is -2.47. The number of carbonyl (C=O) groups excluding carboxylic acids is 2. The Kier molecular flexibility index (Phi) is 8.39. The van der Waals surface area contributed by atoms with E-state index >= 15 is 0 Å². The summed E-state index contributed by atoms with van der Waals surface area (Å²) in [6, 6.07) is 16.7. The predicted octanol–water partition coefficient (Wildman–Crippen LogP) is 6.10. The number of likely N-dealkylation sites (tertiary alicyclic amines) is 1. The molecule has 200 valence electrons. The van der Waals surface area contributed by atoms with Crippen molar-refractivity contribution in [2.45, 2.75) is 44.1 Å². The highest BCUT2D eigenvalue weighted by atomic mass is 19.1. The minimum Gasteiger partial charge on any atom is -0.341 e. The maximum Gasteiger partial charge on any atom is 0.314 e. The molecule has 0 saturated carbocycles. The number of urea groups is 1. The van der Waals surface area contributed by atoms with Crippen LogP contribution in [0.1, 0.15) is 49.8 Å². The Morgan fingerprint density at radius 1 is 1.00 bits per heavy atom. The van der Waals surface area contributed by atoms with Crippen molar-refractivity contribution in [3.05, 3.63) is 95.3 Å². The lowest BCUT2D eigenvalue weighted by atomic mass is 9.69. The Morgan fingerprint density at radius 2 is 1.68 bits per heavy atom. The van der Waals surface area contributed by atoms with Gasteiger partial charge in [-0.3, -0.25) is 4.79 Å². The summed E-state index contributed by atoms with van der Waals surface area (Å²) >= 11 is 0. The number of hydrogen-bond donors (Lipinski definition) is 2. The summed E-state index contributed by atoms with van der Waals surface area (Å²) in [5.41, 5.74) is 2.33. The normalized spacial score (nSPS) is 18.2. The summed E-state index contributed by atoms with van der Waals surface area (Å²) in [7, 11) is 1.56. The monoisotopic (exact) mass is 523 g/mol. The molecule has 0 aromatic heterocycles. The van der Waals surface area contributed by atoms with Crippen LogP contribution in [-0.4, -0.2) is 37.0 Å². The van der Waals surface area contributed by atoms with Crippen LogP contribution in [0.15, 0.2) is 66.7 Å². The van der Waals surface area contributed by atoms with Gasteiger partial charge in [-0.25, -0.2) is 18.0 Å². The molecule has 8 heteroatoms. The second kappa shape index (κ2) is 11.7. The van der Waals surface area contributed by atoms with Gasteiger partial charge in [0.15, 0.2) is 0 Å². The SMILES string of the molecule is CNC(=O)NCCC[C@@]1(c2ccc(F)cc2)CCN([C@@H](C)c2ccc(-c3ccc(F)cc3F)cc2)C(=O)C1. The predicted molar refractivity (Wildman–Crippen MR) is 141 cm³/mol. The van der Waals surface area contributed by atoms with Gasteiger partial charge in [-0.15, -0.1) is 0 Å². The van der Waals surface area contributed by atoms with Crippen LogP contribution in [0.2, 0.25) is 0 Å². The molecule has 1 aliphatic rings. The van der Waals surface area contributed by atoms with Gasteiger partial charge < -0.3 is 15.5 Å². The van der Waals surface area contributed by atoms with Crippen molar-refractivity contribution in [1.29, 1.82) is 0 Å². The summed E-state index contributed by atoms with van der Waals surface area (Å²) in [5.74, 6) is -1.58. The number of benzene rings is 3. The molecule has 2 N–H and O–H groups in total. The maximum atomic E-state index is 14.2. The highest BCUT2D eigenvalue weighted by molar-refractivity contribution is 5.79. The van der Waals surface area contributed by atoms with E-state index in [0.29, 0.717) is 43.5 Å². The number of amides is 3. The number of hydrogen-bond acceptors (Lipinski definition) is 2. The topological polar surface area (TPSA) is 61.4 Å². The number of piperidine rings is 1. The van der Waals surface area contributed by atoms with Crippen LogP contribution in [0.4, 0.5) is 18.0 Å². The van der Waals surface area contributed by atoms with Crippen LogP contribution in [0.5, 0.6) is 0 Å². The lowest BCUT2D eigenvalue weighted by molar-refractivity contribution is -0.138. The Morgan fingerprint density at radius 3 is 2.32 bits per heavy atom. The van der Waals surface area contributed by atoms with Crippen LogP contribution in [-0.2, 0) is 10.2 Å². The molecule has 0 aliphatic carbocycles. The number of rotatable bonds is 8. The Bertz CT molecular complexity index is 1280. The van der Waals surface area contributed by atoms with Gasteiger partial charge in [-0.05, 0) is 67.1 Å². The highest BCUT2D eigenvalue weighted by Crippen LogP contribution is 2.42. The molecule has 1 fully saturated rings. The zero-order valence-electron chi connectivity index (χ0n) is 21.6. The molecule has 0 unspecified atom stereocenters. The smallest absolute Gasteiger partial charge is 0.314 e. The molecular formula is C30H32F3N3O2. The van der Waals surface area contributed by atoms with E-state index in [-0.39, 0.29) is 30.2 Å². The van der Waals surface area contributed by atoms with E-state index in [4.69, 9.17) is 0 Å². The zero-order valence-corrected chi connectivity index (χ0v) is 21.6. The fourth-order valence-electron chi connectivity index (χ4n) is 5.32.